The van der Waals surface area contributed by atoms with Crippen molar-refractivity contribution in [1.29, 1.82) is 0 Å². The lowest BCUT2D eigenvalue weighted by molar-refractivity contribution is 0.116. The van der Waals surface area contributed by atoms with Gasteiger partial charge < -0.3 is 9.47 Å². The standard InChI is InChI=1S/C20H19FN6O3S/c1-12-15-6-5-14(29-17-4-3-8-24-25-17)10-16(15)30-20(28)27(12)11-13-7-9-23-19(18(13)21)26-31-22-2/h3-10,12,22H,11H2,1-2H3,(H,23,26). The smallest absolute Gasteiger partial charge is 0.416 e. The molecule has 1 amide bonds. The van der Waals surface area contributed by atoms with Crippen molar-refractivity contribution < 1.29 is 18.7 Å². The van der Waals surface area contributed by atoms with E-state index in [2.05, 4.69) is 24.6 Å². The number of fused-ring (bicyclic) bond motifs is 1. The van der Waals surface area contributed by atoms with E-state index in [0.717, 1.165) is 17.7 Å². The molecule has 1 aliphatic rings. The van der Waals surface area contributed by atoms with Gasteiger partial charge >= 0.3 is 6.09 Å². The highest BCUT2D eigenvalue weighted by molar-refractivity contribution is 7.98. The summed E-state index contributed by atoms with van der Waals surface area (Å²) in [6, 6.07) is 9.77. The maximum atomic E-state index is 14.8. The van der Waals surface area contributed by atoms with Crippen molar-refractivity contribution in [2.24, 2.45) is 0 Å². The summed E-state index contributed by atoms with van der Waals surface area (Å²) in [5.41, 5.74) is 1.11. The first-order valence-electron chi connectivity index (χ1n) is 9.36. The van der Waals surface area contributed by atoms with Crippen LogP contribution in [0.2, 0.25) is 0 Å². The normalized spacial score (nSPS) is 15.3. The average molecular weight is 442 g/mol. The lowest BCUT2D eigenvalue weighted by Crippen LogP contribution is -2.39. The Balaban J connectivity index is 1.54. The Bertz CT molecular complexity index is 1090. The van der Waals surface area contributed by atoms with Gasteiger partial charge in [0.1, 0.15) is 11.5 Å². The summed E-state index contributed by atoms with van der Waals surface area (Å²) in [4.78, 5) is 18.1. The molecule has 160 valence electrons. The van der Waals surface area contributed by atoms with Gasteiger partial charge in [-0.25, -0.2) is 18.9 Å². The molecule has 0 fully saturated rings. The molecule has 2 aromatic heterocycles. The Kier molecular flexibility index (Phi) is 6.14. The molecular weight excluding hydrogens is 423 g/mol. The van der Waals surface area contributed by atoms with Gasteiger partial charge in [-0.3, -0.25) is 9.62 Å². The lowest BCUT2D eigenvalue weighted by atomic mass is 10.0. The minimum Gasteiger partial charge on any atom is -0.437 e. The van der Waals surface area contributed by atoms with Gasteiger partial charge in [0.15, 0.2) is 11.6 Å². The molecule has 1 aliphatic heterocycles. The molecule has 0 aliphatic carbocycles. The zero-order valence-corrected chi connectivity index (χ0v) is 17.5. The molecule has 0 saturated heterocycles. The molecule has 0 radical (unpaired) electrons. The molecule has 0 bridgehead atoms. The first-order chi connectivity index (χ1) is 15.1. The van der Waals surface area contributed by atoms with Gasteiger partial charge in [-0.05, 0) is 38.2 Å². The molecule has 11 heteroatoms. The number of hydrogen-bond donors (Lipinski definition) is 2. The maximum Gasteiger partial charge on any atom is 0.416 e. The molecule has 3 aromatic rings. The summed E-state index contributed by atoms with van der Waals surface area (Å²) in [6.45, 7) is 1.89. The summed E-state index contributed by atoms with van der Waals surface area (Å²) >= 11 is 1.10. The van der Waals surface area contributed by atoms with Crippen molar-refractivity contribution in [2.75, 3.05) is 11.8 Å². The second kappa shape index (κ2) is 9.14. The van der Waals surface area contributed by atoms with Gasteiger partial charge in [0.05, 0.1) is 12.6 Å². The van der Waals surface area contributed by atoms with Crippen LogP contribution in [0.1, 0.15) is 24.1 Å². The number of ether oxygens (including phenoxy) is 2. The number of hydrogen-bond acceptors (Lipinski definition) is 9. The number of rotatable bonds is 7. The van der Waals surface area contributed by atoms with E-state index < -0.39 is 11.9 Å². The fraction of sp³-hybridized carbons (Fsp3) is 0.200. The van der Waals surface area contributed by atoms with E-state index >= 15 is 0 Å². The summed E-state index contributed by atoms with van der Waals surface area (Å²) in [5.74, 6) is 0.738. The van der Waals surface area contributed by atoms with Gasteiger partial charge in [0.2, 0.25) is 5.88 Å². The highest BCUT2D eigenvalue weighted by Crippen LogP contribution is 2.38. The predicted molar refractivity (Wildman–Crippen MR) is 113 cm³/mol. The van der Waals surface area contributed by atoms with Gasteiger partial charge in [-0.15, -0.1) is 5.10 Å². The summed E-state index contributed by atoms with van der Waals surface area (Å²) < 4.78 is 31.5. The summed E-state index contributed by atoms with van der Waals surface area (Å²) in [6.07, 6.45) is 2.45. The first kappa shape index (κ1) is 20.8. The lowest BCUT2D eigenvalue weighted by Gasteiger charge is -2.34. The Morgan fingerprint density at radius 3 is 2.94 bits per heavy atom. The number of nitrogens with zero attached hydrogens (tertiary/aromatic N) is 4. The van der Waals surface area contributed by atoms with Crippen molar-refractivity contribution in [3.05, 3.63) is 65.7 Å². The van der Waals surface area contributed by atoms with E-state index in [-0.39, 0.29) is 18.4 Å². The Morgan fingerprint density at radius 1 is 1.29 bits per heavy atom. The van der Waals surface area contributed by atoms with Crippen LogP contribution in [0.15, 0.2) is 48.8 Å². The number of anilines is 1. The predicted octanol–water partition coefficient (Wildman–Crippen LogP) is 4.07. The van der Waals surface area contributed by atoms with Gasteiger partial charge in [0, 0.05) is 47.8 Å². The molecule has 1 atom stereocenters. The molecule has 3 heterocycles. The van der Waals surface area contributed by atoms with Crippen LogP contribution in [0, 0.1) is 5.82 Å². The third-order valence-electron chi connectivity index (χ3n) is 4.66. The van der Waals surface area contributed by atoms with Gasteiger partial charge in [-0.2, -0.15) is 5.10 Å². The average Bonchev–Trinajstić information content (AvgIpc) is 2.77. The van der Waals surface area contributed by atoms with Gasteiger partial charge in [-0.1, -0.05) is 0 Å². The minimum absolute atomic E-state index is 0.0323. The topological polar surface area (TPSA) is 102 Å². The molecule has 0 saturated carbocycles. The number of aromatic nitrogens is 3. The molecule has 4 rings (SSSR count). The van der Waals surface area contributed by atoms with Crippen molar-refractivity contribution in [3.63, 3.8) is 0 Å². The van der Waals surface area contributed by atoms with Crippen LogP contribution >= 0.6 is 12.1 Å². The van der Waals surface area contributed by atoms with Crippen LogP contribution in [0.3, 0.4) is 0 Å². The number of amides is 1. The molecule has 1 unspecified atom stereocenters. The van der Waals surface area contributed by atoms with Crippen molar-refractivity contribution in [1.82, 2.24) is 24.8 Å². The van der Waals surface area contributed by atoms with Crippen molar-refractivity contribution in [3.8, 4) is 17.4 Å². The summed E-state index contributed by atoms with van der Waals surface area (Å²) in [5, 5.41) is 7.63. The van der Waals surface area contributed by atoms with E-state index in [0.29, 0.717) is 22.9 Å². The highest BCUT2D eigenvalue weighted by Gasteiger charge is 2.32. The Hall–Kier alpha value is -3.44. The van der Waals surface area contributed by atoms with E-state index in [9.17, 15) is 9.18 Å². The Labute approximate surface area is 182 Å². The summed E-state index contributed by atoms with van der Waals surface area (Å²) in [7, 11) is 1.70. The molecular formula is C20H19FN6O3S. The van der Waals surface area contributed by atoms with E-state index in [4.69, 9.17) is 9.47 Å². The maximum absolute atomic E-state index is 14.8. The highest BCUT2D eigenvalue weighted by atomic mass is 32.2. The van der Waals surface area contributed by atoms with Crippen LogP contribution in [0.25, 0.3) is 0 Å². The zero-order valence-electron chi connectivity index (χ0n) is 16.7. The molecule has 1 aromatic carbocycles. The van der Waals surface area contributed by atoms with Crippen molar-refractivity contribution >= 4 is 24.0 Å². The van der Waals surface area contributed by atoms with Gasteiger partial charge in [0.25, 0.3) is 0 Å². The van der Waals surface area contributed by atoms with Crippen LogP contribution in [0.5, 0.6) is 17.4 Å². The second-order valence-corrected chi connectivity index (χ2v) is 7.39. The zero-order chi connectivity index (χ0) is 21.8. The van der Waals surface area contributed by atoms with Crippen LogP contribution in [0.4, 0.5) is 15.0 Å². The number of pyridine rings is 1. The number of carbonyl (C=O) groups excluding carboxylic acids is 1. The van der Waals surface area contributed by atoms with E-state index in [1.54, 1.807) is 37.5 Å². The van der Waals surface area contributed by atoms with Crippen LogP contribution in [-0.2, 0) is 6.54 Å². The van der Waals surface area contributed by atoms with E-state index in [1.165, 1.54) is 17.2 Å². The second-order valence-electron chi connectivity index (χ2n) is 6.58. The first-order valence-corrected chi connectivity index (χ1v) is 10.2. The number of halogens is 1. The molecule has 0 spiro atoms. The van der Waals surface area contributed by atoms with Crippen LogP contribution < -0.4 is 18.9 Å². The fourth-order valence-electron chi connectivity index (χ4n) is 3.11. The SMILES string of the molecule is CNSNc1nccc(CN2C(=O)Oc3cc(Oc4cccnn4)ccc3C2C)c1F. The molecule has 9 nitrogen and oxygen atoms in total. The third-order valence-corrected chi connectivity index (χ3v) is 5.16. The minimum atomic E-state index is -0.577. The number of carbonyl (C=O) groups is 1. The number of nitrogens with one attached hydrogen (secondary N) is 2. The van der Waals surface area contributed by atoms with Crippen molar-refractivity contribution in [2.45, 2.75) is 19.5 Å². The molecule has 2 N–H and O–H groups in total. The molecule has 31 heavy (non-hydrogen) atoms. The Morgan fingerprint density at radius 2 is 2.16 bits per heavy atom. The number of benzene rings is 1. The van der Waals surface area contributed by atoms with E-state index in [1.807, 2.05) is 13.0 Å². The van der Waals surface area contributed by atoms with Crippen LogP contribution in [-0.4, -0.2) is 33.2 Å². The fourth-order valence-corrected chi connectivity index (χ4v) is 3.46. The monoisotopic (exact) mass is 442 g/mol. The largest absolute Gasteiger partial charge is 0.437 e. The third kappa shape index (κ3) is 4.52. The quantitative estimate of drug-likeness (QED) is 0.524.